The molecule has 0 unspecified atom stereocenters. The molecule has 1 fully saturated rings. The van der Waals surface area contributed by atoms with Gasteiger partial charge in [-0.3, -0.25) is 4.79 Å². The van der Waals surface area contributed by atoms with E-state index in [2.05, 4.69) is 27.5 Å². The Bertz CT molecular complexity index is 700. The average Bonchev–Trinajstić information content (AvgIpc) is 2.61. The number of thiocarbonyl (C=S) groups is 1. The molecule has 0 aromatic heterocycles. The van der Waals surface area contributed by atoms with Crippen molar-refractivity contribution in [2.75, 3.05) is 50.6 Å². The van der Waals surface area contributed by atoms with Gasteiger partial charge in [-0.05, 0) is 43.4 Å². The zero-order valence-electron chi connectivity index (χ0n) is 16.4. The van der Waals surface area contributed by atoms with Gasteiger partial charge in [0.15, 0.2) is 5.11 Å². The van der Waals surface area contributed by atoms with E-state index in [-0.39, 0.29) is 16.9 Å². The van der Waals surface area contributed by atoms with Gasteiger partial charge in [0.05, 0.1) is 24.0 Å². The number of amides is 1. The summed E-state index contributed by atoms with van der Waals surface area (Å²) < 4.78 is 4.81. The molecule has 2 rings (SSSR count). The molecule has 2 N–H and O–H groups in total. The highest BCUT2D eigenvalue weighted by atomic mass is 32.1. The van der Waals surface area contributed by atoms with Gasteiger partial charge < -0.3 is 25.2 Å². The Balaban J connectivity index is 2.20. The minimum atomic E-state index is -0.419. The Kier molecular flexibility index (Phi) is 7.55. The molecular formula is C19H28N4O3S. The lowest BCUT2D eigenvalue weighted by Crippen LogP contribution is -2.45. The van der Waals surface area contributed by atoms with Crippen LogP contribution in [0, 0.1) is 5.92 Å². The first-order chi connectivity index (χ1) is 12.8. The number of carbonyl (C=O) groups is 2. The first kappa shape index (κ1) is 21.1. The van der Waals surface area contributed by atoms with E-state index in [0.717, 1.165) is 31.9 Å². The largest absolute Gasteiger partial charge is 0.465 e. The van der Waals surface area contributed by atoms with Gasteiger partial charge in [-0.25, -0.2) is 4.79 Å². The molecule has 1 aromatic rings. The van der Waals surface area contributed by atoms with E-state index < -0.39 is 5.97 Å². The molecule has 0 spiro atoms. The van der Waals surface area contributed by atoms with Crippen LogP contribution in [0.1, 0.15) is 30.6 Å². The molecule has 27 heavy (non-hydrogen) atoms. The summed E-state index contributed by atoms with van der Waals surface area (Å²) in [5.41, 5.74) is 2.04. The summed E-state index contributed by atoms with van der Waals surface area (Å²) in [5.74, 6) is -0.304. The molecule has 0 atom stereocenters. The monoisotopic (exact) mass is 392 g/mol. The molecule has 1 saturated heterocycles. The second-order valence-electron chi connectivity index (χ2n) is 7.11. The summed E-state index contributed by atoms with van der Waals surface area (Å²) in [6, 6.07) is 5.34. The SMILES string of the molecule is COC(=O)c1ccc(N2CCN(C)CC2)c(NC(=S)NC(=O)CC(C)C)c1. The molecule has 7 nitrogen and oxygen atoms in total. The number of hydrogen-bond acceptors (Lipinski definition) is 6. The van der Waals surface area contributed by atoms with Crippen LogP contribution < -0.4 is 15.5 Å². The lowest BCUT2D eigenvalue weighted by atomic mass is 10.1. The maximum atomic E-state index is 12.0. The van der Waals surface area contributed by atoms with E-state index in [9.17, 15) is 9.59 Å². The maximum absolute atomic E-state index is 12.0. The minimum Gasteiger partial charge on any atom is -0.465 e. The fraction of sp³-hybridized carbons (Fsp3) is 0.526. The van der Waals surface area contributed by atoms with Crippen molar-refractivity contribution in [2.24, 2.45) is 5.92 Å². The average molecular weight is 393 g/mol. The maximum Gasteiger partial charge on any atom is 0.337 e. The van der Waals surface area contributed by atoms with Crippen molar-refractivity contribution < 1.29 is 14.3 Å². The quantitative estimate of drug-likeness (QED) is 0.587. The lowest BCUT2D eigenvalue weighted by Gasteiger charge is -2.35. The van der Waals surface area contributed by atoms with Gasteiger partial charge in [-0.1, -0.05) is 13.8 Å². The van der Waals surface area contributed by atoms with Crippen LogP contribution in [0.25, 0.3) is 0 Å². The zero-order chi connectivity index (χ0) is 20.0. The van der Waals surface area contributed by atoms with E-state index in [0.29, 0.717) is 17.7 Å². The number of nitrogens with one attached hydrogen (secondary N) is 2. The molecule has 1 aromatic carbocycles. The van der Waals surface area contributed by atoms with Crippen molar-refractivity contribution in [3.8, 4) is 0 Å². The van der Waals surface area contributed by atoms with Gasteiger partial charge in [0.2, 0.25) is 5.91 Å². The second kappa shape index (κ2) is 9.66. The van der Waals surface area contributed by atoms with Gasteiger partial charge in [-0.15, -0.1) is 0 Å². The van der Waals surface area contributed by atoms with Crippen molar-refractivity contribution in [3.05, 3.63) is 23.8 Å². The molecule has 8 heteroatoms. The summed E-state index contributed by atoms with van der Waals surface area (Å²) in [5, 5.41) is 6.00. The third kappa shape index (κ3) is 6.18. The fourth-order valence-corrected chi connectivity index (χ4v) is 3.13. The topological polar surface area (TPSA) is 73.9 Å². The summed E-state index contributed by atoms with van der Waals surface area (Å²) in [6.07, 6.45) is 0.398. The van der Waals surface area contributed by atoms with E-state index in [4.69, 9.17) is 17.0 Å². The number of anilines is 2. The molecular weight excluding hydrogens is 364 g/mol. The van der Waals surface area contributed by atoms with Crippen molar-refractivity contribution in [2.45, 2.75) is 20.3 Å². The van der Waals surface area contributed by atoms with Crippen molar-refractivity contribution in [1.82, 2.24) is 10.2 Å². The molecule has 1 aliphatic heterocycles. The molecule has 1 heterocycles. The van der Waals surface area contributed by atoms with Crippen molar-refractivity contribution >= 4 is 40.6 Å². The van der Waals surface area contributed by atoms with Crippen LogP contribution in [0.5, 0.6) is 0 Å². The van der Waals surface area contributed by atoms with Gasteiger partial charge in [0, 0.05) is 32.6 Å². The van der Waals surface area contributed by atoms with E-state index in [1.54, 1.807) is 12.1 Å². The number of benzene rings is 1. The molecule has 1 aliphatic rings. The summed E-state index contributed by atoms with van der Waals surface area (Å²) >= 11 is 5.30. The number of methoxy groups -OCH3 is 1. The Morgan fingerprint density at radius 2 is 1.89 bits per heavy atom. The summed E-state index contributed by atoms with van der Waals surface area (Å²) in [7, 11) is 3.44. The molecule has 0 saturated carbocycles. The first-order valence-electron chi connectivity index (χ1n) is 9.07. The van der Waals surface area contributed by atoms with Gasteiger partial charge in [-0.2, -0.15) is 0 Å². The number of piperazine rings is 1. The van der Waals surface area contributed by atoms with Crippen LogP contribution in [-0.4, -0.2) is 62.2 Å². The number of likely N-dealkylation sites (N-methyl/N-ethyl adjacent to an activating group) is 1. The predicted molar refractivity (Wildman–Crippen MR) is 111 cm³/mol. The molecule has 1 amide bonds. The van der Waals surface area contributed by atoms with E-state index >= 15 is 0 Å². The highest BCUT2D eigenvalue weighted by Crippen LogP contribution is 2.28. The summed E-state index contributed by atoms with van der Waals surface area (Å²) in [4.78, 5) is 28.4. The smallest absolute Gasteiger partial charge is 0.337 e. The number of hydrogen-bond donors (Lipinski definition) is 2. The zero-order valence-corrected chi connectivity index (χ0v) is 17.2. The molecule has 148 valence electrons. The second-order valence-corrected chi connectivity index (χ2v) is 7.52. The third-order valence-electron chi connectivity index (χ3n) is 4.36. The van der Waals surface area contributed by atoms with E-state index in [1.165, 1.54) is 7.11 Å². The third-order valence-corrected chi connectivity index (χ3v) is 4.56. The summed E-state index contributed by atoms with van der Waals surface area (Å²) in [6.45, 7) is 7.59. The van der Waals surface area contributed by atoms with Crippen LogP contribution in [0.3, 0.4) is 0 Å². The van der Waals surface area contributed by atoms with E-state index in [1.807, 2.05) is 19.9 Å². The minimum absolute atomic E-state index is 0.132. The van der Waals surface area contributed by atoms with Gasteiger partial charge in [0.25, 0.3) is 0 Å². The molecule has 0 bridgehead atoms. The van der Waals surface area contributed by atoms with Gasteiger partial charge in [0.1, 0.15) is 0 Å². The normalized spacial score (nSPS) is 14.8. The lowest BCUT2D eigenvalue weighted by molar-refractivity contribution is -0.120. The number of ether oxygens (including phenoxy) is 1. The number of carbonyl (C=O) groups excluding carboxylic acids is 2. The Morgan fingerprint density at radius 3 is 2.48 bits per heavy atom. The molecule has 0 aliphatic carbocycles. The molecule has 0 radical (unpaired) electrons. The Labute approximate surface area is 166 Å². The standard InChI is InChI=1S/C19H28N4O3S/c1-13(2)11-17(24)21-19(27)20-15-12-14(18(25)26-4)5-6-16(15)23-9-7-22(3)8-10-23/h5-6,12-13H,7-11H2,1-4H3,(H2,20,21,24,27). The van der Waals surface area contributed by atoms with Crippen LogP contribution in [-0.2, 0) is 9.53 Å². The Hall–Kier alpha value is -2.19. The Morgan fingerprint density at radius 1 is 1.22 bits per heavy atom. The first-order valence-corrected chi connectivity index (χ1v) is 9.47. The van der Waals surface area contributed by atoms with Crippen LogP contribution in [0.2, 0.25) is 0 Å². The van der Waals surface area contributed by atoms with Crippen molar-refractivity contribution in [1.29, 1.82) is 0 Å². The van der Waals surface area contributed by atoms with Crippen molar-refractivity contribution in [3.63, 3.8) is 0 Å². The highest BCUT2D eigenvalue weighted by Gasteiger charge is 2.19. The van der Waals surface area contributed by atoms with Gasteiger partial charge >= 0.3 is 5.97 Å². The predicted octanol–water partition coefficient (Wildman–Crippen LogP) is 2.08. The van der Waals surface area contributed by atoms with Crippen LogP contribution in [0.15, 0.2) is 18.2 Å². The number of rotatable bonds is 5. The number of esters is 1. The number of nitrogens with zero attached hydrogens (tertiary/aromatic N) is 2. The fourth-order valence-electron chi connectivity index (χ4n) is 2.91. The highest BCUT2D eigenvalue weighted by molar-refractivity contribution is 7.80. The van der Waals surface area contributed by atoms with Crippen LogP contribution in [0.4, 0.5) is 11.4 Å². The van der Waals surface area contributed by atoms with Crippen LogP contribution >= 0.6 is 12.2 Å².